The summed E-state index contributed by atoms with van der Waals surface area (Å²) < 4.78 is 29.6. The van der Waals surface area contributed by atoms with Gasteiger partial charge in [0.2, 0.25) is 0 Å². The minimum atomic E-state index is -0.953. The fourth-order valence-corrected chi connectivity index (χ4v) is 2.17. The number of imidazole rings is 1. The monoisotopic (exact) mass is 275 g/mol. The normalized spacial score (nSPS) is 11.2. The Morgan fingerprint density at radius 1 is 1.30 bits per heavy atom. The van der Waals surface area contributed by atoms with Crippen molar-refractivity contribution < 1.29 is 13.6 Å². The first kappa shape index (κ1) is 12.5. The molecule has 0 amide bonds. The second kappa shape index (κ2) is 4.56. The lowest BCUT2D eigenvalue weighted by atomic mass is 10.2. The van der Waals surface area contributed by atoms with Gasteiger partial charge in [0, 0.05) is 25.4 Å². The average Bonchev–Trinajstić information content (AvgIpc) is 2.98. The summed E-state index contributed by atoms with van der Waals surface area (Å²) in [6.07, 6.45) is 3.18. The lowest BCUT2D eigenvalue weighted by molar-refractivity contribution is 0.0965. The van der Waals surface area contributed by atoms with Crippen molar-refractivity contribution in [3.63, 3.8) is 0 Å². The van der Waals surface area contributed by atoms with Gasteiger partial charge in [-0.3, -0.25) is 4.79 Å². The molecular formula is C14H11F2N3O. The number of Topliss-reactive ketones (excluding diaryl/α,β-unsaturated/α-hetero) is 1. The topological polar surface area (TPSA) is 39.8 Å². The zero-order chi connectivity index (χ0) is 14.3. The van der Waals surface area contributed by atoms with E-state index in [2.05, 4.69) is 4.98 Å². The second-order valence-corrected chi connectivity index (χ2v) is 4.56. The number of hydrogen-bond acceptors (Lipinski definition) is 2. The number of aromatic nitrogens is 3. The summed E-state index contributed by atoms with van der Waals surface area (Å²) in [4.78, 5) is 16.1. The van der Waals surface area contributed by atoms with E-state index in [4.69, 9.17) is 0 Å². The predicted molar refractivity (Wildman–Crippen MR) is 69.4 cm³/mol. The van der Waals surface area contributed by atoms with Gasteiger partial charge in [-0.25, -0.2) is 13.8 Å². The highest BCUT2D eigenvalue weighted by atomic mass is 19.2. The highest BCUT2D eigenvalue weighted by Crippen LogP contribution is 2.18. The molecule has 3 rings (SSSR count). The van der Waals surface area contributed by atoms with Crippen LogP contribution >= 0.6 is 0 Å². The van der Waals surface area contributed by atoms with Crippen LogP contribution in [-0.4, -0.2) is 19.9 Å². The molecule has 3 aromatic rings. The molecule has 0 aliphatic carbocycles. The van der Waals surface area contributed by atoms with Crippen LogP contribution in [0, 0.1) is 11.6 Å². The van der Waals surface area contributed by atoms with E-state index in [0.717, 1.165) is 12.1 Å². The highest BCUT2D eigenvalue weighted by Gasteiger charge is 2.13. The Kier molecular flexibility index (Phi) is 2.85. The van der Waals surface area contributed by atoms with E-state index in [0.29, 0.717) is 16.7 Å². The maximum absolute atomic E-state index is 13.3. The molecule has 0 spiro atoms. The SMILES string of the molecule is Cn1cccc1C(=O)Cn1cnc2cc(F)c(F)cc21. The molecular weight excluding hydrogens is 264 g/mol. The number of nitrogens with zero attached hydrogens (tertiary/aromatic N) is 3. The van der Waals surface area contributed by atoms with Crippen molar-refractivity contribution >= 4 is 16.8 Å². The van der Waals surface area contributed by atoms with Gasteiger partial charge in [-0.05, 0) is 12.1 Å². The van der Waals surface area contributed by atoms with Gasteiger partial charge >= 0.3 is 0 Å². The molecule has 6 heteroatoms. The van der Waals surface area contributed by atoms with E-state index in [9.17, 15) is 13.6 Å². The summed E-state index contributed by atoms with van der Waals surface area (Å²) in [6.45, 7) is 0.0272. The zero-order valence-electron chi connectivity index (χ0n) is 10.7. The summed E-state index contributed by atoms with van der Waals surface area (Å²) in [6, 6.07) is 5.56. The van der Waals surface area contributed by atoms with Crippen LogP contribution in [0.1, 0.15) is 10.5 Å². The minimum absolute atomic E-state index is 0.0272. The Morgan fingerprint density at radius 3 is 2.75 bits per heavy atom. The van der Waals surface area contributed by atoms with Crippen LogP contribution in [0.25, 0.3) is 11.0 Å². The molecule has 0 radical (unpaired) electrons. The van der Waals surface area contributed by atoms with Gasteiger partial charge in [0.1, 0.15) is 0 Å². The van der Waals surface area contributed by atoms with Crippen molar-refractivity contribution in [2.45, 2.75) is 6.54 Å². The quantitative estimate of drug-likeness (QED) is 0.689. The average molecular weight is 275 g/mol. The molecule has 0 atom stereocenters. The number of aryl methyl sites for hydroxylation is 1. The van der Waals surface area contributed by atoms with E-state index in [-0.39, 0.29) is 12.3 Å². The third-order valence-electron chi connectivity index (χ3n) is 3.21. The third-order valence-corrected chi connectivity index (χ3v) is 3.21. The predicted octanol–water partition coefficient (Wildman–Crippen LogP) is 2.54. The maximum Gasteiger partial charge on any atom is 0.198 e. The van der Waals surface area contributed by atoms with E-state index < -0.39 is 11.6 Å². The van der Waals surface area contributed by atoms with E-state index in [1.807, 2.05) is 0 Å². The third kappa shape index (κ3) is 1.99. The lowest BCUT2D eigenvalue weighted by Crippen LogP contribution is -2.12. The molecule has 102 valence electrons. The lowest BCUT2D eigenvalue weighted by Gasteiger charge is -2.05. The number of fused-ring (bicyclic) bond motifs is 1. The molecule has 0 unspecified atom stereocenters. The van der Waals surface area contributed by atoms with E-state index in [1.54, 1.807) is 29.9 Å². The molecule has 2 aromatic heterocycles. The summed E-state index contributed by atoms with van der Waals surface area (Å²) >= 11 is 0. The molecule has 1 aromatic carbocycles. The van der Waals surface area contributed by atoms with E-state index >= 15 is 0 Å². The summed E-state index contributed by atoms with van der Waals surface area (Å²) in [5.74, 6) is -2.02. The first-order chi connectivity index (χ1) is 9.56. The van der Waals surface area contributed by atoms with Crippen molar-refractivity contribution in [2.75, 3.05) is 0 Å². The fourth-order valence-electron chi connectivity index (χ4n) is 2.17. The Labute approximate surface area is 113 Å². The van der Waals surface area contributed by atoms with Crippen molar-refractivity contribution in [2.24, 2.45) is 7.05 Å². The molecule has 0 aliphatic heterocycles. The second-order valence-electron chi connectivity index (χ2n) is 4.56. The van der Waals surface area contributed by atoms with Crippen LogP contribution in [0.5, 0.6) is 0 Å². The van der Waals surface area contributed by atoms with E-state index in [1.165, 1.54) is 10.9 Å². The van der Waals surface area contributed by atoms with Gasteiger partial charge in [-0.1, -0.05) is 0 Å². The van der Waals surface area contributed by atoms with Gasteiger partial charge < -0.3 is 9.13 Å². The molecule has 0 aliphatic rings. The van der Waals surface area contributed by atoms with Gasteiger partial charge in [-0.15, -0.1) is 0 Å². The van der Waals surface area contributed by atoms with Crippen molar-refractivity contribution in [1.82, 2.24) is 14.1 Å². The Hall–Kier alpha value is -2.50. The number of benzene rings is 1. The zero-order valence-corrected chi connectivity index (χ0v) is 10.7. The number of ketones is 1. The molecule has 0 fully saturated rings. The van der Waals surface area contributed by atoms with Gasteiger partial charge in [0.05, 0.1) is 29.6 Å². The van der Waals surface area contributed by atoms with Crippen LogP contribution in [0.15, 0.2) is 36.8 Å². The Balaban J connectivity index is 1.97. The van der Waals surface area contributed by atoms with Gasteiger partial charge in [0.25, 0.3) is 0 Å². The largest absolute Gasteiger partial charge is 0.348 e. The van der Waals surface area contributed by atoms with Crippen molar-refractivity contribution in [3.05, 3.63) is 54.1 Å². The first-order valence-electron chi connectivity index (χ1n) is 6.00. The molecule has 20 heavy (non-hydrogen) atoms. The first-order valence-corrected chi connectivity index (χ1v) is 6.00. The van der Waals surface area contributed by atoms with Gasteiger partial charge in [-0.2, -0.15) is 0 Å². The molecule has 0 N–H and O–H groups in total. The van der Waals surface area contributed by atoms with Crippen LogP contribution < -0.4 is 0 Å². The summed E-state index contributed by atoms with van der Waals surface area (Å²) in [5.41, 5.74) is 1.27. The van der Waals surface area contributed by atoms with Crippen LogP contribution in [0.3, 0.4) is 0 Å². The fraction of sp³-hybridized carbons (Fsp3) is 0.143. The smallest absolute Gasteiger partial charge is 0.198 e. The van der Waals surface area contributed by atoms with Crippen LogP contribution in [0.4, 0.5) is 8.78 Å². The number of carbonyl (C=O) groups excluding carboxylic acids is 1. The van der Waals surface area contributed by atoms with Crippen LogP contribution in [-0.2, 0) is 13.6 Å². The van der Waals surface area contributed by atoms with Crippen molar-refractivity contribution in [1.29, 1.82) is 0 Å². The van der Waals surface area contributed by atoms with Crippen LogP contribution in [0.2, 0.25) is 0 Å². The number of halogens is 2. The standard InChI is InChI=1S/C14H11F2N3O/c1-18-4-2-3-12(18)14(20)7-19-8-17-11-5-9(15)10(16)6-13(11)19/h2-6,8H,7H2,1H3. The van der Waals surface area contributed by atoms with Crippen molar-refractivity contribution in [3.8, 4) is 0 Å². The van der Waals surface area contributed by atoms with Gasteiger partial charge in [0.15, 0.2) is 17.4 Å². The molecule has 0 saturated heterocycles. The summed E-state index contributed by atoms with van der Waals surface area (Å²) in [7, 11) is 1.77. The highest BCUT2D eigenvalue weighted by molar-refractivity contribution is 5.95. The Morgan fingerprint density at radius 2 is 2.05 bits per heavy atom. The minimum Gasteiger partial charge on any atom is -0.348 e. The Bertz CT molecular complexity index is 804. The molecule has 0 bridgehead atoms. The number of hydrogen-bond donors (Lipinski definition) is 0. The molecule has 0 saturated carbocycles. The summed E-state index contributed by atoms with van der Waals surface area (Å²) in [5, 5.41) is 0. The number of carbonyl (C=O) groups is 1. The number of rotatable bonds is 3. The maximum atomic E-state index is 13.3. The molecule has 4 nitrogen and oxygen atoms in total. The molecule has 2 heterocycles.